The van der Waals surface area contributed by atoms with Crippen LogP contribution in [-0.2, 0) is 16.1 Å². The summed E-state index contributed by atoms with van der Waals surface area (Å²) in [5.41, 5.74) is 2.07. The molecule has 2 aromatic carbocycles. The molecule has 3 aromatic rings. The van der Waals surface area contributed by atoms with Gasteiger partial charge in [-0.1, -0.05) is 55.5 Å². The maximum absolute atomic E-state index is 13.1. The molecule has 0 spiro atoms. The first-order valence-electron chi connectivity index (χ1n) is 10.6. The summed E-state index contributed by atoms with van der Waals surface area (Å²) in [6.45, 7) is 2.83. The lowest BCUT2D eigenvalue weighted by Gasteiger charge is -2.25. The summed E-state index contributed by atoms with van der Waals surface area (Å²) >= 11 is 0. The van der Waals surface area contributed by atoms with Gasteiger partial charge < -0.3 is 14.7 Å². The minimum absolute atomic E-state index is 0.0762. The molecule has 1 amide bonds. The molecular formula is C26H24N2O4. The van der Waals surface area contributed by atoms with Gasteiger partial charge in [0.25, 0.3) is 11.7 Å². The summed E-state index contributed by atoms with van der Waals surface area (Å²) in [5, 5.41) is 11.0. The van der Waals surface area contributed by atoms with Crippen LogP contribution in [0.4, 0.5) is 0 Å². The monoisotopic (exact) mass is 428 g/mol. The van der Waals surface area contributed by atoms with Crippen molar-refractivity contribution in [2.75, 3.05) is 6.61 Å². The van der Waals surface area contributed by atoms with Crippen LogP contribution >= 0.6 is 0 Å². The minimum atomic E-state index is -0.726. The maximum Gasteiger partial charge on any atom is 0.295 e. The number of aromatic nitrogens is 1. The first-order chi connectivity index (χ1) is 15.6. The van der Waals surface area contributed by atoms with E-state index in [2.05, 4.69) is 4.98 Å². The van der Waals surface area contributed by atoms with Crippen molar-refractivity contribution in [2.45, 2.75) is 25.9 Å². The third-order valence-corrected chi connectivity index (χ3v) is 5.33. The molecule has 0 aliphatic carbocycles. The van der Waals surface area contributed by atoms with Crippen molar-refractivity contribution in [1.82, 2.24) is 9.88 Å². The lowest BCUT2D eigenvalue weighted by atomic mass is 9.95. The van der Waals surface area contributed by atoms with Crippen LogP contribution in [0, 0.1) is 0 Å². The van der Waals surface area contributed by atoms with Gasteiger partial charge in [-0.2, -0.15) is 0 Å². The second-order valence-corrected chi connectivity index (χ2v) is 7.57. The normalized spacial score (nSPS) is 17.5. The SMILES string of the molecule is CCCOc1ccc(C2C(=C(O)c3ccccc3)C(=O)C(=O)N2Cc2cccnc2)cc1. The fraction of sp³-hybridized carbons (Fsp3) is 0.192. The number of carbonyl (C=O) groups is 2. The summed E-state index contributed by atoms with van der Waals surface area (Å²) < 4.78 is 5.66. The Morgan fingerprint density at radius 1 is 1.03 bits per heavy atom. The Balaban J connectivity index is 1.79. The summed E-state index contributed by atoms with van der Waals surface area (Å²) in [5.74, 6) is -0.828. The lowest BCUT2D eigenvalue weighted by molar-refractivity contribution is -0.140. The zero-order chi connectivity index (χ0) is 22.5. The van der Waals surface area contributed by atoms with Gasteiger partial charge >= 0.3 is 0 Å². The van der Waals surface area contributed by atoms with E-state index in [4.69, 9.17) is 4.74 Å². The molecule has 1 saturated heterocycles. The van der Waals surface area contributed by atoms with Crippen molar-refractivity contribution in [1.29, 1.82) is 0 Å². The van der Waals surface area contributed by atoms with E-state index >= 15 is 0 Å². The molecule has 1 unspecified atom stereocenters. The number of likely N-dealkylation sites (tertiary alicyclic amines) is 1. The average Bonchev–Trinajstić information content (AvgIpc) is 3.08. The number of aliphatic hydroxyl groups is 1. The number of amides is 1. The van der Waals surface area contributed by atoms with Crippen molar-refractivity contribution in [3.05, 3.63) is 101 Å². The van der Waals surface area contributed by atoms with Gasteiger partial charge in [0.1, 0.15) is 11.5 Å². The van der Waals surface area contributed by atoms with Crippen LogP contribution < -0.4 is 4.74 Å². The molecule has 1 fully saturated rings. The van der Waals surface area contributed by atoms with Gasteiger partial charge in [-0.3, -0.25) is 14.6 Å². The van der Waals surface area contributed by atoms with Crippen molar-refractivity contribution in [2.24, 2.45) is 0 Å². The van der Waals surface area contributed by atoms with E-state index in [1.165, 1.54) is 4.90 Å². The number of Topliss-reactive ketones (excluding diaryl/α,β-unsaturated/α-hetero) is 1. The number of nitrogens with zero attached hydrogens (tertiary/aromatic N) is 2. The van der Waals surface area contributed by atoms with E-state index in [1.807, 2.05) is 43.3 Å². The van der Waals surface area contributed by atoms with Gasteiger partial charge in [0.2, 0.25) is 0 Å². The third-order valence-electron chi connectivity index (χ3n) is 5.33. The number of aliphatic hydroxyl groups excluding tert-OH is 1. The topological polar surface area (TPSA) is 79.7 Å². The molecule has 162 valence electrons. The number of pyridine rings is 1. The Morgan fingerprint density at radius 3 is 2.44 bits per heavy atom. The van der Waals surface area contributed by atoms with Gasteiger partial charge in [0, 0.05) is 24.5 Å². The molecule has 1 aromatic heterocycles. The number of rotatable bonds is 7. The van der Waals surface area contributed by atoms with Crippen LogP contribution in [0.5, 0.6) is 5.75 Å². The molecule has 6 nitrogen and oxygen atoms in total. The maximum atomic E-state index is 13.1. The largest absolute Gasteiger partial charge is 0.507 e. The predicted octanol–water partition coefficient (Wildman–Crippen LogP) is 4.49. The molecule has 0 radical (unpaired) electrons. The van der Waals surface area contributed by atoms with Crippen LogP contribution in [-0.4, -0.2) is 33.3 Å². The van der Waals surface area contributed by atoms with Gasteiger partial charge in [0.05, 0.1) is 18.2 Å². The highest BCUT2D eigenvalue weighted by atomic mass is 16.5. The van der Waals surface area contributed by atoms with E-state index in [9.17, 15) is 14.7 Å². The fourth-order valence-electron chi connectivity index (χ4n) is 3.80. The Bertz CT molecular complexity index is 1130. The molecule has 0 bridgehead atoms. The highest BCUT2D eigenvalue weighted by Crippen LogP contribution is 2.40. The highest BCUT2D eigenvalue weighted by molar-refractivity contribution is 6.46. The molecule has 1 atom stereocenters. The quantitative estimate of drug-likeness (QED) is 0.341. The molecule has 2 heterocycles. The molecule has 1 aliphatic heterocycles. The third kappa shape index (κ3) is 4.25. The Labute approximate surface area is 186 Å². The Kier molecular flexibility index (Phi) is 6.31. The number of ketones is 1. The molecule has 0 saturated carbocycles. The zero-order valence-corrected chi connectivity index (χ0v) is 17.8. The van der Waals surface area contributed by atoms with Crippen LogP contribution in [0.1, 0.15) is 36.1 Å². The van der Waals surface area contributed by atoms with E-state index in [0.29, 0.717) is 17.9 Å². The van der Waals surface area contributed by atoms with Gasteiger partial charge in [-0.25, -0.2) is 0 Å². The smallest absolute Gasteiger partial charge is 0.295 e. The first-order valence-corrected chi connectivity index (χ1v) is 10.6. The van der Waals surface area contributed by atoms with Crippen LogP contribution in [0.2, 0.25) is 0 Å². The average molecular weight is 428 g/mol. The fourth-order valence-corrected chi connectivity index (χ4v) is 3.80. The van der Waals surface area contributed by atoms with Crippen molar-refractivity contribution in [3.8, 4) is 5.75 Å². The van der Waals surface area contributed by atoms with E-state index in [1.54, 1.807) is 42.7 Å². The summed E-state index contributed by atoms with van der Waals surface area (Å²) in [7, 11) is 0. The second kappa shape index (κ2) is 9.47. The number of hydrogen-bond acceptors (Lipinski definition) is 5. The van der Waals surface area contributed by atoms with Gasteiger partial charge in [-0.15, -0.1) is 0 Å². The lowest BCUT2D eigenvalue weighted by Crippen LogP contribution is -2.29. The summed E-state index contributed by atoms with van der Waals surface area (Å²) in [6, 6.07) is 19.0. The van der Waals surface area contributed by atoms with Gasteiger partial charge in [0.15, 0.2) is 0 Å². The predicted molar refractivity (Wildman–Crippen MR) is 121 cm³/mol. The molecule has 1 aliphatic rings. The van der Waals surface area contributed by atoms with Crippen molar-refractivity contribution >= 4 is 17.4 Å². The number of carbonyl (C=O) groups excluding carboxylic acids is 2. The minimum Gasteiger partial charge on any atom is -0.507 e. The standard InChI is InChI=1S/C26H24N2O4/c1-2-15-32-21-12-10-19(11-13-21)23-22(24(29)20-8-4-3-5-9-20)25(30)26(31)28(23)17-18-7-6-14-27-16-18/h3-14,16,23,29H,2,15,17H2,1H3. The summed E-state index contributed by atoms with van der Waals surface area (Å²) in [6.07, 6.45) is 4.21. The first kappa shape index (κ1) is 21.3. The van der Waals surface area contributed by atoms with Crippen molar-refractivity contribution in [3.63, 3.8) is 0 Å². The van der Waals surface area contributed by atoms with E-state index < -0.39 is 17.7 Å². The van der Waals surface area contributed by atoms with Crippen LogP contribution in [0.25, 0.3) is 5.76 Å². The van der Waals surface area contributed by atoms with Crippen LogP contribution in [0.15, 0.2) is 84.7 Å². The Morgan fingerprint density at radius 2 is 1.78 bits per heavy atom. The molecule has 32 heavy (non-hydrogen) atoms. The molecular weight excluding hydrogens is 404 g/mol. The van der Waals surface area contributed by atoms with Crippen LogP contribution in [0.3, 0.4) is 0 Å². The number of ether oxygens (including phenoxy) is 1. The molecule has 6 heteroatoms. The summed E-state index contributed by atoms with van der Waals surface area (Å²) in [4.78, 5) is 31.7. The number of hydrogen-bond donors (Lipinski definition) is 1. The Hall–Kier alpha value is -3.93. The zero-order valence-electron chi connectivity index (χ0n) is 17.8. The highest BCUT2D eigenvalue weighted by Gasteiger charge is 2.46. The second-order valence-electron chi connectivity index (χ2n) is 7.57. The molecule has 1 N–H and O–H groups in total. The van der Waals surface area contributed by atoms with Crippen molar-refractivity contribution < 1.29 is 19.4 Å². The van der Waals surface area contributed by atoms with Gasteiger partial charge in [-0.05, 0) is 35.7 Å². The van der Waals surface area contributed by atoms with E-state index in [0.717, 1.165) is 17.5 Å². The number of benzene rings is 2. The molecule has 4 rings (SSSR count). The van der Waals surface area contributed by atoms with E-state index in [-0.39, 0.29) is 17.9 Å².